The van der Waals surface area contributed by atoms with Crippen molar-refractivity contribution in [3.8, 4) is 11.3 Å². The molecule has 94 valence electrons. The Labute approximate surface area is 112 Å². The van der Waals surface area contributed by atoms with Gasteiger partial charge in [0.1, 0.15) is 17.1 Å². The molecule has 0 aliphatic heterocycles. The topological polar surface area (TPSA) is 37.9 Å². The number of hydrogen-bond donors (Lipinski definition) is 1. The van der Waals surface area contributed by atoms with Gasteiger partial charge in [0.15, 0.2) is 0 Å². The van der Waals surface area contributed by atoms with Gasteiger partial charge in [0.05, 0.1) is 0 Å². The third kappa shape index (κ3) is 3.24. The number of aryl methyl sites for hydroxylation is 1. The summed E-state index contributed by atoms with van der Waals surface area (Å²) in [6, 6.07) is 10.2. The molecular formula is C14H16N2OS. The number of aromatic nitrogens is 2. The number of aromatic amines is 1. The van der Waals surface area contributed by atoms with E-state index in [1.54, 1.807) is 0 Å². The molecule has 1 aromatic heterocycles. The van der Waals surface area contributed by atoms with Crippen LogP contribution in [-0.4, -0.2) is 16.6 Å². The van der Waals surface area contributed by atoms with Gasteiger partial charge in [0.25, 0.3) is 0 Å². The molecule has 0 spiro atoms. The Bertz CT molecular complexity index is 575. The summed E-state index contributed by atoms with van der Waals surface area (Å²) in [6.07, 6.45) is 0. The lowest BCUT2D eigenvalue weighted by Gasteiger charge is -2.06. The molecular weight excluding hydrogens is 244 g/mol. The van der Waals surface area contributed by atoms with Crippen molar-refractivity contribution in [1.29, 1.82) is 0 Å². The first-order valence-corrected chi connectivity index (χ1v) is 6.35. The summed E-state index contributed by atoms with van der Waals surface area (Å²) in [5, 5.41) is 0. The lowest BCUT2D eigenvalue weighted by atomic mass is 10.1. The molecule has 4 heteroatoms. The molecule has 2 rings (SSSR count). The third-order valence-corrected chi connectivity index (χ3v) is 2.81. The number of H-pyrrole nitrogens is 1. The molecule has 0 unspecified atom stereocenters. The average molecular weight is 260 g/mol. The third-order valence-electron chi connectivity index (χ3n) is 2.60. The van der Waals surface area contributed by atoms with Crippen LogP contribution in [0.3, 0.4) is 0 Å². The Kier molecular flexibility index (Phi) is 4.23. The summed E-state index contributed by atoms with van der Waals surface area (Å²) in [5.41, 5.74) is 3.32. The van der Waals surface area contributed by atoms with Gasteiger partial charge in [-0.2, -0.15) is 0 Å². The molecule has 2 aromatic rings. The number of benzene rings is 1. The molecule has 18 heavy (non-hydrogen) atoms. The van der Waals surface area contributed by atoms with Crippen LogP contribution < -0.4 is 0 Å². The maximum Gasteiger partial charge on any atom is 0.134 e. The van der Waals surface area contributed by atoms with E-state index in [0.29, 0.717) is 17.9 Å². The Morgan fingerprint density at radius 1 is 1.28 bits per heavy atom. The molecule has 3 nitrogen and oxygen atoms in total. The molecule has 0 saturated carbocycles. The monoisotopic (exact) mass is 260 g/mol. The molecule has 1 aromatic carbocycles. The summed E-state index contributed by atoms with van der Waals surface area (Å²) in [6.45, 7) is 5.15. The van der Waals surface area contributed by atoms with Crippen molar-refractivity contribution in [1.82, 2.24) is 9.97 Å². The fraction of sp³-hybridized carbons (Fsp3) is 0.286. The highest BCUT2D eigenvalue weighted by Crippen LogP contribution is 2.17. The summed E-state index contributed by atoms with van der Waals surface area (Å²) in [5.74, 6) is 0.764. The van der Waals surface area contributed by atoms with Gasteiger partial charge >= 0.3 is 0 Å². The van der Waals surface area contributed by atoms with Crippen LogP contribution in [0.2, 0.25) is 0 Å². The molecule has 1 heterocycles. The van der Waals surface area contributed by atoms with E-state index in [1.165, 1.54) is 5.56 Å². The highest BCUT2D eigenvalue weighted by Gasteiger charge is 2.02. The first kappa shape index (κ1) is 12.9. The molecule has 0 aliphatic rings. The van der Waals surface area contributed by atoms with E-state index in [0.717, 1.165) is 17.1 Å². The minimum atomic E-state index is 0.458. The van der Waals surface area contributed by atoms with Gasteiger partial charge < -0.3 is 9.72 Å². The predicted molar refractivity (Wildman–Crippen MR) is 74.9 cm³/mol. The van der Waals surface area contributed by atoms with Crippen molar-refractivity contribution in [2.75, 3.05) is 6.61 Å². The van der Waals surface area contributed by atoms with Gasteiger partial charge in [0.2, 0.25) is 0 Å². The zero-order chi connectivity index (χ0) is 13.0. The minimum absolute atomic E-state index is 0.458. The lowest BCUT2D eigenvalue weighted by Crippen LogP contribution is -2.00. The standard InChI is InChI=1S/C14H16N2OS/c1-3-17-9-13-15-12(8-14(18)16-13)11-6-4-10(2)5-7-11/h4-8H,3,9H2,1-2H3,(H,15,16,18). The number of hydrogen-bond acceptors (Lipinski definition) is 3. The fourth-order valence-electron chi connectivity index (χ4n) is 1.66. The van der Waals surface area contributed by atoms with Crippen LogP contribution in [0.5, 0.6) is 0 Å². The van der Waals surface area contributed by atoms with Crippen LogP contribution in [0.1, 0.15) is 18.3 Å². The van der Waals surface area contributed by atoms with Gasteiger partial charge in [-0.3, -0.25) is 0 Å². The molecule has 0 amide bonds. The molecule has 1 N–H and O–H groups in total. The number of nitrogens with one attached hydrogen (secondary N) is 1. The van der Waals surface area contributed by atoms with Crippen molar-refractivity contribution >= 4 is 12.2 Å². The summed E-state index contributed by atoms with van der Waals surface area (Å²) >= 11 is 5.18. The van der Waals surface area contributed by atoms with E-state index < -0.39 is 0 Å². The summed E-state index contributed by atoms with van der Waals surface area (Å²) < 4.78 is 5.93. The van der Waals surface area contributed by atoms with Gasteiger partial charge in [-0.1, -0.05) is 42.0 Å². The van der Waals surface area contributed by atoms with Crippen LogP contribution in [0.4, 0.5) is 0 Å². The Morgan fingerprint density at radius 2 is 2.00 bits per heavy atom. The van der Waals surface area contributed by atoms with Crippen LogP contribution in [0, 0.1) is 11.6 Å². The van der Waals surface area contributed by atoms with Crippen molar-refractivity contribution < 1.29 is 4.74 Å². The molecule has 0 atom stereocenters. The first-order chi connectivity index (χ1) is 8.69. The molecule has 0 fully saturated rings. The fourth-order valence-corrected chi connectivity index (χ4v) is 1.89. The highest BCUT2D eigenvalue weighted by molar-refractivity contribution is 7.71. The number of nitrogens with zero attached hydrogens (tertiary/aromatic N) is 1. The SMILES string of the molecule is CCOCc1nc(=S)cc(-c2ccc(C)cc2)[nH]1. The Balaban J connectivity index is 2.35. The van der Waals surface area contributed by atoms with Crippen LogP contribution in [-0.2, 0) is 11.3 Å². The second kappa shape index (κ2) is 5.89. The van der Waals surface area contributed by atoms with Crippen molar-refractivity contribution in [2.24, 2.45) is 0 Å². The number of ether oxygens (including phenoxy) is 1. The Morgan fingerprint density at radius 3 is 2.67 bits per heavy atom. The van der Waals surface area contributed by atoms with Gasteiger partial charge in [0, 0.05) is 12.3 Å². The van der Waals surface area contributed by atoms with Crippen molar-refractivity contribution in [3.05, 3.63) is 46.4 Å². The molecule has 0 bridgehead atoms. The van der Waals surface area contributed by atoms with Gasteiger partial charge in [-0.15, -0.1) is 0 Å². The normalized spacial score (nSPS) is 10.6. The van der Waals surface area contributed by atoms with Gasteiger partial charge in [-0.05, 0) is 25.5 Å². The summed E-state index contributed by atoms with van der Waals surface area (Å²) in [4.78, 5) is 7.50. The van der Waals surface area contributed by atoms with E-state index in [2.05, 4.69) is 41.2 Å². The molecule has 0 saturated heterocycles. The van der Waals surface area contributed by atoms with Crippen LogP contribution in [0.15, 0.2) is 30.3 Å². The average Bonchev–Trinajstić information content (AvgIpc) is 2.36. The van der Waals surface area contributed by atoms with Crippen molar-refractivity contribution in [2.45, 2.75) is 20.5 Å². The zero-order valence-corrected chi connectivity index (χ0v) is 11.4. The first-order valence-electron chi connectivity index (χ1n) is 5.94. The van der Waals surface area contributed by atoms with Gasteiger partial charge in [-0.25, -0.2) is 4.98 Å². The maximum atomic E-state index is 5.34. The zero-order valence-electron chi connectivity index (χ0n) is 10.6. The second-order valence-electron chi connectivity index (χ2n) is 4.08. The molecule has 0 radical (unpaired) electrons. The van der Waals surface area contributed by atoms with E-state index in [1.807, 2.05) is 13.0 Å². The van der Waals surface area contributed by atoms with E-state index in [9.17, 15) is 0 Å². The van der Waals surface area contributed by atoms with E-state index in [-0.39, 0.29) is 0 Å². The van der Waals surface area contributed by atoms with Crippen LogP contribution in [0.25, 0.3) is 11.3 Å². The second-order valence-corrected chi connectivity index (χ2v) is 4.50. The maximum absolute atomic E-state index is 5.34. The summed E-state index contributed by atoms with van der Waals surface area (Å²) in [7, 11) is 0. The number of rotatable bonds is 4. The van der Waals surface area contributed by atoms with E-state index in [4.69, 9.17) is 17.0 Å². The quantitative estimate of drug-likeness (QED) is 0.853. The minimum Gasteiger partial charge on any atom is -0.374 e. The lowest BCUT2D eigenvalue weighted by molar-refractivity contribution is 0.128. The smallest absolute Gasteiger partial charge is 0.134 e. The molecule has 0 aliphatic carbocycles. The largest absolute Gasteiger partial charge is 0.374 e. The highest BCUT2D eigenvalue weighted by atomic mass is 32.1. The predicted octanol–water partition coefficient (Wildman–Crippen LogP) is 3.65. The van der Waals surface area contributed by atoms with Crippen molar-refractivity contribution in [3.63, 3.8) is 0 Å². The van der Waals surface area contributed by atoms with E-state index >= 15 is 0 Å². The Hall–Kier alpha value is -1.52. The van der Waals surface area contributed by atoms with Crippen LogP contribution >= 0.6 is 12.2 Å².